The molecule has 0 radical (unpaired) electrons. The Hall–Kier alpha value is -3.38. The van der Waals surface area contributed by atoms with Crippen LogP contribution in [0.1, 0.15) is 34.5 Å². The molecule has 0 bridgehead atoms. The molecule has 1 aliphatic rings. The molecule has 1 saturated heterocycles. The van der Waals surface area contributed by atoms with Crippen molar-refractivity contribution >= 4 is 34.0 Å². The first kappa shape index (κ1) is 26.7. The van der Waals surface area contributed by atoms with Gasteiger partial charge in [0.2, 0.25) is 5.91 Å². The second kappa shape index (κ2) is 12.2. The second-order valence-corrected chi connectivity index (χ2v) is 9.72. The van der Waals surface area contributed by atoms with Gasteiger partial charge in [0.05, 0.1) is 31.1 Å². The number of anilines is 2. The summed E-state index contributed by atoms with van der Waals surface area (Å²) in [6.07, 6.45) is 0. The second-order valence-electron chi connectivity index (χ2n) is 8.67. The van der Waals surface area contributed by atoms with E-state index >= 15 is 0 Å². The summed E-state index contributed by atoms with van der Waals surface area (Å²) in [5.74, 6) is -0.947. The molecular weight excluding hydrogens is 499 g/mol. The lowest BCUT2D eigenvalue weighted by Gasteiger charge is -2.26. The molecule has 0 aliphatic carbocycles. The normalized spacial score (nSPS) is 14.4. The maximum Gasteiger partial charge on any atom is 0.251 e. The van der Waals surface area contributed by atoms with Gasteiger partial charge in [-0.1, -0.05) is 25.1 Å². The number of carbonyl (C=O) groups is 2. The molecule has 3 heterocycles. The van der Waals surface area contributed by atoms with Gasteiger partial charge < -0.3 is 30.5 Å². The fourth-order valence-corrected chi connectivity index (χ4v) is 4.93. The van der Waals surface area contributed by atoms with Gasteiger partial charge in [0.15, 0.2) is 0 Å². The van der Waals surface area contributed by atoms with Gasteiger partial charge in [0.1, 0.15) is 23.2 Å². The van der Waals surface area contributed by atoms with Gasteiger partial charge >= 0.3 is 0 Å². The summed E-state index contributed by atoms with van der Waals surface area (Å²) < 4.78 is 25.7. The fraction of sp³-hybridized carbons (Fsp3) is 0.346. The number of ether oxygens (including phenoxy) is 2. The first-order chi connectivity index (χ1) is 17.9. The Morgan fingerprint density at radius 2 is 2.05 bits per heavy atom. The lowest BCUT2D eigenvalue weighted by atomic mass is 9.99. The first-order valence-electron chi connectivity index (χ1n) is 11.9. The molecular formula is C26H29FN4O5S. The van der Waals surface area contributed by atoms with E-state index in [1.807, 2.05) is 0 Å². The molecule has 4 N–H and O–H groups in total. The number of pyridine rings is 1. The third kappa shape index (κ3) is 6.69. The Labute approximate surface area is 218 Å². The molecule has 1 aliphatic heterocycles. The van der Waals surface area contributed by atoms with Crippen LogP contribution in [0.2, 0.25) is 0 Å². The van der Waals surface area contributed by atoms with E-state index in [-0.39, 0.29) is 37.2 Å². The number of carbonyl (C=O) groups excluding carboxylic acids is 2. The van der Waals surface area contributed by atoms with E-state index in [0.29, 0.717) is 58.8 Å². The molecule has 1 aromatic carbocycles. The Morgan fingerprint density at radius 1 is 1.27 bits per heavy atom. The molecule has 0 saturated carbocycles. The largest absolute Gasteiger partial charge is 0.396 e. The van der Waals surface area contributed by atoms with Gasteiger partial charge in [-0.25, -0.2) is 9.37 Å². The van der Waals surface area contributed by atoms with Gasteiger partial charge in [-0.3, -0.25) is 9.59 Å². The third-order valence-corrected chi connectivity index (χ3v) is 7.07. The highest BCUT2D eigenvalue weighted by Crippen LogP contribution is 2.38. The van der Waals surface area contributed by atoms with E-state index in [1.165, 1.54) is 17.4 Å². The van der Waals surface area contributed by atoms with E-state index in [1.54, 1.807) is 48.2 Å². The number of nitrogens with one attached hydrogen (secondary N) is 1. The van der Waals surface area contributed by atoms with Crippen LogP contribution >= 0.6 is 11.3 Å². The van der Waals surface area contributed by atoms with Crippen molar-refractivity contribution in [2.45, 2.75) is 19.4 Å². The minimum absolute atomic E-state index is 0.0547. The van der Waals surface area contributed by atoms with E-state index in [0.717, 1.165) is 0 Å². The van der Waals surface area contributed by atoms with Crippen molar-refractivity contribution in [3.8, 4) is 10.4 Å². The Morgan fingerprint density at radius 3 is 2.76 bits per heavy atom. The number of nitrogens with two attached hydrogens (primary N) is 1. The van der Waals surface area contributed by atoms with Crippen molar-refractivity contribution in [1.82, 2.24) is 9.88 Å². The predicted octanol–water partition coefficient (Wildman–Crippen LogP) is 3.26. The van der Waals surface area contributed by atoms with Crippen LogP contribution in [0.5, 0.6) is 0 Å². The average molecular weight is 529 g/mol. The van der Waals surface area contributed by atoms with Crippen LogP contribution in [-0.4, -0.2) is 66.3 Å². The number of aromatic nitrogens is 1. The molecule has 1 unspecified atom stereocenters. The summed E-state index contributed by atoms with van der Waals surface area (Å²) in [4.78, 5) is 31.1. The van der Waals surface area contributed by atoms with Crippen molar-refractivity contribution in [2.24, 2.45) is 5.73 Å². The number of rotatable bonds is 10. The smallest absolute Gasteiger partial charge is 0.251 e. The minimum atomic E-state index is -0.656. The molecule has 4 rings (SSSR count). The lowest BCUT2D eigenvalue weighted by molar-refractivity contribution is -0.140. The van der Waals surface area contributed by atoms with Crippen molar-refractivity contribution < 1.29 is 28.6 Å². The molecule has 1 atom stereocenters. The van der Waals surface area contributed by atoms with Crippen molar-refractivity contribution in [3.63, 3.8) is 0 Å². The van der Waals surface area contributed by atoms with Gasteiger partial charge in [0, 0.05) is 36.1 Å². The number of hydrogen-bond donors (Lipinski definition) is 3. The topological polar surface area (TPSA) is 127 Å². The van der Waals surface area contributed by atoms with E-state index < -0.39 is 11.7 Å². The zero-order valence-electron chi connectivity index (χ0n) is 20.4. The predicted molar refractivity (Wildman–Crippen MR) is 138 cm³/mol. The highest BCUT2D eigenvalue weighted by atomic mass is 32.1. The Kier molecular flexibility index (Phi) is 8.82. The summed E-state index contributed by atoms with van der Waals surface area (Å²) in [7, 11) is 0. The van der Waals surface area contributed by atoms with E-state index in [2.05, 4.69) is 10.3 Å². The number of aliphatic hydroxyl groups is 1. The molecule has 2 amide bonds. The van der Waals surface area contributed by atoms with Crippen LogP contribution in [0.3, 0.4) is 0 Å². The Balaban J connectivity index is 1.45. The third-order valence-electron chi connectivity index (χ3n) is 5.99. The van der Waals surface area contributed by atoms with E-state index in [9.17, 15) is 19.1 Å². The summed E-state index contributed by atoms with van der Waals surface area (Å²) in [6, 6.07) is 11.6. The molecule has 1 fully saturated rings. The van der Waals surface area contributed by atoms with Crippen LogP contribution in [0.25, 0.3) is 10.4 Å². The summed E-state index contributed by atoms with van der Waals surface area (Å²) >= 11 is 1.18. The fourth-order valence-electron chi connectivity index (χ4n) is 3.84. The minimum Gasteiger partial charge on any atom is -0.396 e. The maximum atomic E-state index is 14.9. The van der Waals surface area contributed by atoms with Gasteiger partial charge in [-0.05, 0) is 29.8 Å². The monoisotopic (exact) mass is 528 g/mol. The number of amides is 2. The standard InChI is InChI=1S/C26H29FN4O5S/c1-16(13-32)17-5-6-19(21(27)11-17)22-12-20(25(28)34)26(37-22)30-23-4-2-3-18(29-23)14-36-15-24(33)31-7-9-35-10-8-31/h2-6,11-12,16,32H,7-10,13-15H2,1H3,(H2,28,34)(H,29,30). The number of hydrogen-bond acceptors (Lipinski definition) is 8. The number of nitrogens with zero attached hydrogens (tertiary/aromatic N) is 2. The molecule has 37 heavy (non-hydrogen) atoms. The number of benzene rings is 1. The highest BCUT2D eigenvalue weighted by molar-refractivity contribution is 7.19. The SMILES string of the molecule is CC(CO)c1ccc(-c2cc(C(N)=O)c(Nc3cccc(COCC(=O)N4CCOCC4)n3)s2)c(F)c1. The van der Waals surface area contributed by atoms with Gasteiger partial charge in [-0.15, -0.1) is 11.3 Å². The lowest BCUT2D eigenvalue weighted by Crippen LogP contribution is -2.42. The number of thiophene rings is 1. The van der Waals surface area contributed by atoms with Gasteiger partial charge in [0.25, 0.3) is 5.91 Å². The molecule has 9 nitrogen and oxygen atoms in total. The maximum absolute atomic E-state index is 14.9. The number of morpholine rings is 1. The number of halogens is 1. The van der Waals surface area contributed by atoms with Gasteiger partial charge in [-0.2, -0.15) is 0 Å². The molecule has 0 spiro atoms. The van der Waals surface area contributed by atoms with Crippen molar-refractivity contribution in [3.05, 3.63) is 65.1 Å². The number of aliphatic hydroxyl groups excluding tert-OH is 1. The van der Waals surface area contributed by atoms with Crippen LogP contribution in [0.4, 0.5) is 15.2 Å². The number of primary amides is 1. The summed E-state index contributed by atoms with van der Waals surface area (Å²) in [6.45, 7) is 3.97. The summed E-state index contributed by atoms with van der Waals surface area (Å²) in [5.41, 5.74) is 7.41. The van der Waals surface area contributed by atoms with Crippen LogP contribution < -0.4 is 11.1 Å². The first-order valence-corrected chi connectivity index (χ1v) is 12.7. The van der Waals surface area contributed by atoms with Crippen molar-refractivity contribution in [2.75, 3.05) is 44.8 Å². The van der Waals surface area contributed by atoms with Crippen LogP contribution in [0.15, 0.2) is 42.5 Å². The zero-order chi connectivity index (χ0) is 26.4. The quantitative estimate of drug-likeness (QED) is 0.369. The average Bonchev–Trinajstić information content (AvgIpc) is 3.32. The van der Waals surface area contributed by atoms with Crippen LogP contribution in [-0.2, 0) is 20.9 Å². The van der Waals surface area contributed by atoms with Crippen LogP contribution in [0, 0.1) is 5.82 Å². The molecule has 3 aromatic rings. The Bertz CT molecular complexity index is 1260. The zero-order valence-corrected chi connectivity index (χ0v) is 21.2. The summed E-state index contributed by atoms with van der Waals surface area (Å²) in [5, 5.41) is 12.9. The van der Waals surface area contributed by atoms with Crippen molar-refractivity contribution in [1.29, 1.82) is 0 Å². The van der Waals surface area contributed by atoms with E-state index in [4.69, 9.17) is 15.2 Å². The molecule has 11 heteroatoms. The highest BCUT2D eigenvalue weighted by Gasteiger charge is 2.19. The molecule has 196 valence electrons. The molecule has 2 aromatic heterocycles.